The van der Waals surface area contributed by atoms with Gasteiger partial charge in [0.25, 0.3) is 0 Å². The second-order valence-electron chi connectivity index (χ2n) is 8.06. The van der Waals surface area contributed by atoms with E-state index in [1.807, 2.05) is 30.3 Å². The highest BCUT2D eigenvalue weighted by Gasteiger charge is 2.38. The Balaban J connectivity index is 1.74. The minimum absolute atomic E-state index is 0.0254. The number of rotatable bonds is 3. The highest BCUT2D eigenvalue weighted by Crippen LogP contribution is 2.31. The molecule has 0 radical (unpaired) electrons. The summed E-state index contributed by atoms with van der Waals surface area (Å²) in [6, 6.07) is 15.6. The molecule has 2 atom stereocenters. The molecule has 0 aliphatic carbocycles. The monoisotopic (exact) mass is 444 g/mol. The standard InChI is InChI=1S/C23H28N2O5S/c1-31(27,28)24-21-10-11-25-22(21)14-18-8-5-9-19(17-6-3-2-4-7-17)20(18)15-29-12-13-30-16-23(25)26/h2-9,21-22,24H,10-16H2,1H3. The topological polar surface area (TPSA) is 84.9 Å². The number of ether oxygens (including phenoxy) is 2. The van der Waals surface area contributed by atoms with Crippen LogP contribution in [0.5, 0.6) is 0 Å². The van der Waals surface area contributed by atoms with Crippen LogP contribution in [0.3, 0.4) is 0 Å². The molecule has 1 fully saturated rings. The van der Waals surface area contributed by atoms with Gasteiger partial charge in [0.05, 0.1) is 32.1 Å². The first-order valence-corrected chi connectivity index (χ1v) is 12.4. The highest BCUT2D eigenvalue weighted by molar-refractivity contribution is 7.88. The Kier molecular flexibility index (Phi) is 6.71. The molecule has 1 saturated heterocycles. The fraction of sp³-hybridized carbons (Fsp3) is 0.435. The Bertz CT molecular complexity index is 1030. The lowest BCUT2D eigenvalue weighted by molar-refractivity contribution is -0.137. The SMILES string of the molecule is CS(=O)(=O)NC1CCN2C(=O)COCCOCc3c(cccc3-c3ccccc3)CC12. The average Bonchev–Trinajstić information content (AvgIpc) is 3.11. The van der Waals surface area contributed by atoms with E-state index in [0.29, 0.717) is 39.2 Å². The fourth-order valence-corrected chi connectivity index (χ4v) is 5.30. The quantitative estimate of drug-likeness (QED) is 0.782. The van der Waals surface area contributed by atoms with Gasteiger partial charge in [-0.15, -0.1) is 0 Å². The predicted molar refractivity (Wildman–Crippen MR) is 118 cm³/mol. The van der Waals surface area contributed by atoms with Crippen molar-refractivity contribution in [3.8, 4) is 11.1 Å². The van der Waals surface area contributed by atoms with E-state index in [0.717, 1.165) is 28.5 Å². The second-order valence-corrected chi connectivity index (χ2v) is 9.84. The van der Waals surface area contributed by atoms with Crippen molar-refractivity contribution in [1.29, 1.82) is 0 Å². The fourth-order valence-electron chi connectivity index (χ4n) is 4.47. The van der Waals surface area contributed by atoms with Crippen LogP contribution in [0.1, 0.15) is 17.5 Å². The smallest absolute Gasteiger partial charge is 0.248 e. The molecule has 0 bridgehead atoms. The maximum Gasteiger partial charge on any atom is 0.248 e. The number of sulfonamides is 1. The molecular weight excluding hydrogens is 416 g/mol. The number of fused-ring (bicyclic) bond motifs is 2. The van der Waals surface area contributed by atoms with Gasteiger partial charge >= 0.3 is 0 Å². The summed E-state index contributed by atoms with van der Waals surface area (Å²) >= 11 is 0. The lowest BCUT2D eigenvalue weighted by atomic mass is 9.91. The van der Waals surface area contributed by atoms with Crippen LogP contribution in [0.2, 0.25) is 0 Å². The van der Waals surface area contributed by atoms with Gasteiger partial charge in [0.2, 0.25) is 15.9 Å². The number of nitrogens with one attached hydrogen (secondary N) is 1. The number of hydrogen-bond acceptors (Lipinski definition) is 5. The van der Waals surface area contributed by atoms with Crippen molar-refractivity contribution in [3.63, 3.8) is 0 Å². The second kappa shape index (κ2) is 9.48. The van der Waals surface area contributed by atoms with Crippen LogP contribution in [0, 0.1) is 0 Å². The van der Waals surface area contributed by atoms with Crippen LogP contribution in [0.15, 0.2) is 48.5 Å². The molecule has 2 unspecified atom stereocenters. The summed E-state index contributed by atoms with van der Waals surface area (Å²) in [5.41, 5.74) is 4.30. The number of carbonyl (C=O) groups is 1. The van der Waals surface area contributed by atoms with Crippen molar-refractivity contribution in [2.45, 2.75) is 31.5 Å². The van der Waals surface area contributed by atoms with E-state index in [4.69, 9.17) is 9.47 Å². The third-order valence-electron chi connectivity index (χ3n) is 5.86. The van der Waals surface area contributed by atoms with Gasteiger partial charge < -0.3 is 14.4 Å². The number of carbonyl (C=O) groups excluding carboxylic acids is 1. The Labute approximate surface area is 183 Å². The maximum atomic E-state index is 12.8. The first-order valence-electron chi connectivity index (χ1n) is 10.5. The number of hydrogen-bond donors (Lipinski definition) is 1. The zero-order valence-electron chi connectivity index (χ0n) is 17.6. The summed E-state index contributed by atoms with van der Waals surface area (Å²) < 4.78 is 38.0. The van der Waals surface area contributed by atoms with E-state index in [2.05, 4.69) is 22.9 Å². The third-order valence-corrected chi connectivity index (χ3v) is 6.59. The van der Waals surface area contributed by atoms with Crippen molar-refractivity contribution < 1.29 is 22.7 Å². The minimum Gasteiger partial charge on any atom is -0.374 e. The van der Waals surface area contributed by atoms with E-state index in [1.54, 1.807) is 4.90 Å². The summed E-state index contributed by atoms with van der Waals surface area (Å²) in [7, 11) is -3.40. The first-order chi connectivity index (χ1) is 14.9. The molecule has 0 spiro atoms. The van der Waals surface area contributed by atoms with Crippen LogP contribution in [-0.4, -0.2) is 63.9 Å². The molecule has 31 heavy (non-hydrogen) atoms. The van der Waals surface area contributed by atoms with Crippen molar-refractivity contribution >= 4 is 15.9 Å². The molecule has 2 aliphatic heterocycles. The van der Waals surface area contributed by atoms with Crippen molar-refractivity contribution in [3.05, 3.63) is 59.7 Å². The molecule has 2 aromatic carbocycles. The van der Waals surface area contributed by atoms with Gasteiger partial charge in [0, 0.05) is 12.6 Å². The molecule has 2 heterocycles. The van der Waals surface area contributed by atoms with Crippen LogP contribution in [-0.2, 0) is 37.3 Å². The van der Waals surface area contributed by atoms with E-state index < -0.39 is 10.0 Å². The molecule has 4 rings (SSSR count). The number of amides is 1. The van der Waals surface area contributed by atoms with E-state index in [-0.39, 0.29) is 24.6 Å². The molecule has 7 nitrogen and oxygen atoms in total. The normalized spacial score (nSPS) is 22.9. The minimum atomic E-state index is -3.40. The van der Waals surface area contributed by atoms with Crippen LogP contribution >= 0.6 is 0 Å². The molecule has 0 aromatic heterocycles. The zero-order chi connectivity index (χ0) is 21.8. The molecule has 2 aliphatic rings. The molecule has 1 N–H and O–H groups in total. The maximum absolute atomic E-state index is 12.8. The van der Waals surface area contributed by atoms with Gasteiger partial charge in [-0.05, 0) is 35.1 Å². The summed E-state index contributed by atoms with van der Waals surface area (Å²) in [6.45, 7) is 1.64. The largest absolute Gasteiger partial charge is 0.374 e. The summed E-state index contributed by atoms with van der Waals surface area (Å²) in [6.07, 6.45) is 2.28. The Hall–Kier alpha value is -2.26. The molecule has 8 heteroatoms. The predicted octanol–water partition coefficient (Wildman–Crippen LogP) is 1.96. The van der Waals surface area contributed by atoms with Crippen LogP contribution in [0.25, 0.3) is 11.1 Å². The number of benzene rings is 2. The Morgan fingerprint density at radius 3 is 2.48 bits per heavy atom. The lowest BCUT2D eigenvalue weighted by Crippen LogP contribution is -2.48. The van der Waals surface area contributed by atoms with Gasteiger partial charge in [-0.1, -0.05) is 48.5 Å². The van der Waals surface area contributed by atoms with Gasteiger partial charge in [-0.2, -0.15) is 0 Å². The van der Waals surface area contributed by atoms with Gasteiger partial charge in [-0.25, -0.2) is 13.1 Å². The molecule has 1 amide bonds. The van der Waals surface area contributed by atoms with Gasteiger partial charge in [-0.3, -0.25) is 4.79 Å². The third kappa shape index (κ3) is 5.33. The van der Waals surface area contributed by atoms with Crippen molar-refractivity contribution in [2.24, 2.45) is 0 Å². The zero-order valence-corrected chi connectivity index (χ0v) is 18.4. The summed E-state index contributed by atoms with van der Waals surface area (Å²) in [5, 5.41) is 0. The first kappa shape index (κ1) is 22.0. The van der Waals surface area contributed by atoms with E-state index >= 15 is 0 Å². The molecular formula is C23H28N2O5S. The van der Waals surface area contributed by atoms with Crippen molar-refractivity contribution in [2.75, 3.05) is 32.6 Å². The number of nitrogens with zero attached hydrogens (tertiary/aromatic N) is 1. The van der Waals surface area contributed by atoms with Gasteiger partial charge in [0.1, 0.15) is 6.61 Å². The van der Waals surface area contributed by atoms with E-state index in [9.17, 15) is 13.2 Å². The molecule has 2 aromatic rings. The van der Waals surface area contributed by atoms with Crippen LogP contribution < -0.4 is 4.72 Å². The molecule has 166 valence electrons. The Morgan fingerprint density at radius 1 is 1.00 bits per heavy atom. The summed E-state index contributed by atoms with van der Waals surface area (Å²) in [4.78, 5) is 14.6. The lowest BCUT2D eigenvalue weighted by Gasteiger charge is -2.30. The van der Waals surface area contributed by atoms with Crippen molar-refractivity contribution in [1.82, 2.24) is 9.62 Å². The van der Waals surface area contributed by atoms with Crippen LogP contribution in [0.4, 0.5) is 0 Å². The summed E-state index contributed by atoms with van der Waals surface area (Å²) in [5.74, 6) is -0.121. The highest BCUT2D eigenvalue weighted by atomic mass is 32.2. The average molecular weight is 445 g/mol. The Morgan fingerprint density at radius 2 is 1.74 bits per heavy atom. The van der Waals surface area contributed by atoms with Gasteiger partial charge in [0.15, 0.2) is 0 Å². The van der Waals surface area contributed by atoms with E-state index in [1.165, 1.54) is 0 Å². The molecule has 0 saturated carbocycles.